The summed E-state index contributed by atoms with van der Waals surface area (Å²) in [5.41, 5.74) is 1.48. The van der Waals surface area contributed by atoms with E-state index in [1.165, 1.54) is 16.7 Å². The van der Waals surface area contributed by atoms with E-state index in [1.54, 1.807) is 20.3 Å². The molecular weight excluding hydrogens is 509 g/mol. The van der Waals surface area contributed by atoms with Crippen LogP contribution in [-0.4, -0.2) is 31.1 Å². The Morgan fingerprint density at radius 3 is 2.61 bits per heavy atom. The van der Waals surface area contributed by atoms with Gasteiger partial charge in [-0.05, 0) is 65.4 Å². The number of thioether (sulfide) groups is 1. The Kier molecular flexibility index (Phi) is 6.84. The second kappa shape index (κ2) is 9.15. The number of rotatable bonds is 6. The molecule has 0 aromatic heterocycles. The predicted octanol–water partition coefficient (Wildman–Crippen LogP) is 5.11. The summed E-state index contributed by atoms with van der Waals surface area (Å²) in [6.45, 7) is 2.43. The molecule has 146 valence electrons. The van der Waals surface area contributed by atoms with Crippen molar-refractivity contribution in [2.24, 2.45) is 0 Å². The quantitative estimate of drug-likeness (QED) is 0.296. The highest BCUT2D eigenvalue weighted by Crippen LogP contribution is 2.41. The number of carbonyl (C=O) groups excluding carboxylic acids is 1. The van der Waals surface area contributed by atoms with E-state index in [9.17, 15) is 4.79 Å². The maximum atomic E-state index is 13.0. The molecule has 0 saturated carbocycles. The molecular formula is C20H18INO4S2. The lowest BCUT2D eigenvalue weighted by atomic mass is 10.1. The fourth-order valence-electron chi connectivity index (χ4n) is 2.77. The number of hydrogen-bond donors (Lipinski definition) is 0. The average molecular weight is 527 g/mol. The van der Waals surface area contributed by atoms with Crippen LogP contribution in [0.2, 0.25) is 0 Å². The maximum Gasteiger partial charge on any atom is 0.270 e. The number of methoxy groups -OCH3 is 2. The minimum Gasteiger partial charge on any atom is -0.495 e. The van der Waals surface area contributed by atoms with Crippen molar-refractivity contribution >= 4 is 68.6 Å². The van der Waals surface area contributed by atoms with Crippen LogP contribution in [0.1, 0.15) is 12.5 Å². The van der Waals surface area contributed by atoms with E-state index in [2.05, 4.69) is 22.6 Å². The van der Waals surface area contributed by atoms with Crippen molar-refractivity contribution in [2.75, 3.05) is 25.7 Å². The van der Waals surface area contributed by atoms with Crippen LogP contribution in [0.4, 0.5) is 5.69 Å². The summed E-state index contributed by atoms with van der Waals surface area (Å²) in [7, 11) is 3.18. The Balaban J connectivity index is 1.98. The Bertz CT molecular complexity index is 961. The Labute approximate surface area is 187 Å². The van der Waals surface area contributed by atoms with Crippen LogP contribution in [-0.2, 0) is 4.79 Å². The molecule has 0 radical (unpaired) electrons. The van der Waals surface area contributed by atoms with Gasteiger partial charge in [-0.1, -0.05) is 36.1 Å². The lowest BCUT2D eigenvalue weighted by Crippen LogP contribution is -2.27. The molecule has 1 fully saturated rings. The van der Waals surface area contributed by atoms with Gasteiger partial charge in [0.15, 0.2) is 15.8 Å². The monoisotopic (exact) mass is 527 g/mol. The summed E-state index contributed by atoms with van der Waals surface area (Å²) in [6.07, 6.45) is 1.82. The second-order valence-corrected chi connectivity index (χ2v) is 8.49. The van der Waals surface area contributed by atoms with Crippen LogP contribution >= 0.6 is 46.6 Å². The first-order chi connectivity index (χ1) is 13.5. The van der Waals surface area contributed by atoms with E-state index >= 15 is 0 Å². The lowest BCUT2D eigenvalue weighted by molar-refractivity contribution is -0.113. The molecule has 1 amide bonds. The normalized spacial score (nSPS) is 15.3. The van der Waals surface area contributed by atoms with Gasteiger partial charge in [-0.2, -0.15) is 0 Å². The number of halogens is 1. The summed E-state index contributed by atoms with van der Waals surface area (Å²) >= 11 is 8.91. The van der Waals surface area contributed by atoms with Crippen molar-refractivity contribution in [1.82, 2.24) is 0 Å². The van der Waals surface area contributed by atoms with Crippen LogP contribution in [0, 0.1) is 3.57 Å². The summed E-state index contributed by atoms with van der Waals surface area (Å²) < 4.78 is 17.8. The number of benzene rings is 2. The van der Waals surface area contributed by atoms with Gasteiger partial charge in [0.25, 0.3) is 5.91 Å². The molecule has 0 bridgehead atoms. The highest BCUT2D eigenvalue weighted by molar-refractivity contribution is 14.1. The predicted molar refractivity (Wildman–Crippen MR) is 126 cm³/mol. The average Bonchev–Trinajstić information content (AvgIpc) is 2.95. The van der Waals surface area contributed by atoms with Gasteiger partial charge in [-0.25, -0.2) is 0 Å². The summed E-state index contributed by atoms with van der Waals surface area (Å²) in [5, 5.41) is 0. The molecule has 0 N–H and O–H groups in total. The summed E-state index contributed by atoms with van der Waals surface area (Å²) in [4.78, 5) is 15.1. The van der Waals surface area contributed by atoms with Gasteiger partial charge in [0.1, 0.15) is 5.75 Å². The zero-order valence-electron chi connectivity index (χ0n) is 15.5. The van der Waals surface area contributed by atoms with Gasteiger partial charge < -0.3 is 14.2 Å². The first kappa shape index (κ1) is 20.9. The number of carbonyl (C=O) groups is 1. The molecule has 8 heteroatoms. The molecule has 0 aliphatic carbocycles. The number of thiocarbonyl (C=S) groups is 1. The number of ether oxygens (including phenoxy) is 3. The van der Waals surface area contributed by atoms with Crippen LogP contribution in [0.15, 0.2) is 41.3 Å². The molecule has 3 rings (SSSR count). The van der Waals surface area contributed by atoms with Crippen LogP contribution in [0.25, 0.3) is 6.08 Å². The van der Waals surface area contributed by atoms with Gasteiger partial charge >= 0.3 is 0 Å². The van der Waals surface area contributed by atoms with Crippen molar-refractivity contribution in [2.45, 2.75) is 6.92 Å². The second-order valence-electron chi connectivity index (χ2n) is 5.66. The summed E-state index contributed by atoms with van der Waals surface area (Å²) in [5.74, 6) is 1.74. The van der Waals surface area contributed by atoms with Crippen molar-refractivity contribution in [3.63, 3.8) is 0 Å². The van der Waals surface area contributed by atoms with Gasteiger partial charge in [0.05, 0.1) is 35.0 Å². The molecule has 1 saturated heterocycles. The zero-order chi connectivity index (χ0) is 20.3. The third-order valence-electron chi connectivity index (χ3n) is 3.95. The van der Waals surface area contributed by atoms with E-state index in [4.69, 9.17) is 26.4 Å². The van der Waals surface area contributed by atoms with Crippen LogP contribution in [0.3, 0.4) is 0 Å². The highest BCUT2D eigenvalue weighted by Gasteiger charge is 2.34. The van der Waals surface area contributed by atoms with Gasteiger partial charge in [0, 0.05) is 0 Å². The number of anilines is 1. The van der Waals surface area contributed by atoms with E-state index in [0.717, 1.165) is 9.13 Å². The number of hydrogen-bond acceptors (Lipinski definition) is 6. The molecule has 0 atom stereocenters. The standard InChI is InChI=1S/C20H18INO4S2/c1-4-26-16-10-12(9-13(21)18(16)25-3)11-17-19(23)22(20(27)28-17)14-7-5-6-8-15(14)24-2/h5-11H,4H2,1-3H3/b17-11+. The molecule has 1 aliphatic rings. The largest absolute Gasteiger partial charge is 0.495 e. The van der Waals surface area contributed by atoms with Crippen molar-refractivity contribution in [1.29, 1.82) is 0 Å². The van der Waals surface area contributed by atoms with Gasteiger partial charge in [-0.15, -0.1) is 0 Å². The number of para-hydroxylation sites is 2. The van der Waals surface area contributed by atoms with Gasteiger partial charge in [-0.3, -0.25) is 9.69 Å². The fourth-order valence-corrected chi connectivity index (χ4v) is 4.90. The first-order valence-corrected chi connectivity index (χ1v) is 10.7. The third kappa shape index (κ3) is 4.13. The number of nitrogens with zero attached hydrogens (tertiary/aromatic N) is 1. The van der Waals surface area contributed by atoms with Crippen molar-refractivity contribution in [3.05, 3.63) is 50.4 Å². The van der Waals surface area contributed by atoms with E-state index in [1.807, 2.05) is 43.3 Å². The van der Waals surface area contributed by atoms with E-state index in [-0.39, 0.29) is 5.91 Å². The Morgan fingerprint density at radius 1 is 1.18 bits per heavy atom. The molecule has 5 nitrogen and oxygen atoms in total. The SMILES string of the molecule is CCOc1cc(/C=C2/SC(=S)N(c3ccccc3OC)C2=O)cc(I)c1OC. The zero-order valence-corrected chi connectivity index (χ0v) is 19.3. The molecule has 1 heterocycles. The van der Waals surface area contributed by atoms with Crippen molar-refractivity contribution < 1.29 is 19.0 Å². The molecule has 2 aromatic rings. The molecule has 0 spiro atoms. The maximum absolute atomic E-state index is 13.0. The fraction of sp³-hybridized carbons (Fsp3) is 0.200. The van der Waals surface area contributed by atoms with Gasteiger partial charge in [0.2, 0.25) is 0 Å². The van der Waals surface area contributed by atoms with E-state index < -0.39 is 0 Å². The molecule has 0 unspecified atom stereocenters. The Morgan fingerprint density at radius 2 is 1.93 bits per heavy atom. The van der Waals surface area contributed by atoms with Crippen LogP contribution < -0.4 is 19.1 Å². The smallest absolute Gasteiger partial charge is 0.270 e. The first-order valence-electron chi connectivity index (χ1n) is 8.41. The topological polar surface area (TPSA) is 48.0 Å². The molecule has 1 aliphatic heterocycles. The minimum atomic E-state index is -0.178. The third-order valence-corrected chi connectivity index (χ3v) is 6.06. The Hall–Kier alpha value is -1.78. The van der Waals surface area contributed by atoms with Crippen molar-refractivity contribution in [3.8, 4) is 17.2 Å². The molecule has 28 heavy (non-hydrogen) atoms. The highest BCUT2D eigenvalue weighted by atomic mass is 127. The lowest BCUT2D eigenvalue weighted by Gasteiger charge is -2.17. The molecule has 2 aromatic carbocycles. The number of amides is 1. The van der Waals surface area contributed by atoms with Crippen LogP contribution in [0.5, 0.6) is 17.2 Å². The van der Waals surface area contributed by atoms with E-state index in [0.29, 0.717) is 38.8 Å². The summed E-state index contributed by atoms with van der Waals surface area (Å²) in [6, 6.07) is 11.1. The minimum absolute atomic E-state index is 0.178.